The van der Waals surface area contributed by atoms with Gasteiger partial charge in [0.25, 0.3) is 5.91 Å². The second-order valence-corrected chi connectivity index (χ2v) is 7.10. The van der Waals surface area contributed by atoms with Gasteiger partial charge >= 0.3 is 0 Å². The number of hydrogen-bond acceptors (Lipinski definition) is 6. The van der Waals surface area contributed by atoms with Crippen LogP contribution >= 0.6 is 0 Å². The summed E-state index contributed by atoms with van der Waals surface area (Å²) in [5.74, 6) is 5.28. The molecule has 2 aromatic rings. The van der Waals surface area contributed by atoms with E-state index in [0.717, 1.165) is 16.3 Å². The number of amides is 1. The summed E-state index contributed by atoms with van der Waals surface area (Å²) in [4.78, 5) is 18.7. The van der Waals surface area contributed by atoms with Gasteiger partial charge in [0.1, 0.15) is 5.82 Å². The van der Waals surface area contributed by atoms with Gasteiger partial charge in [-0.05, 0) is 30.1 Å². The Bertz CT molecular complexity index is 874. The Hall–Kier alpha value is -2.71. The Morgan fingerprint density at radius 3 is 2.70 bits per heavy atom. The lowest BCUT2D eigenvalue weighted by Gasteiger charge is -2.33. The number of hydrogen-bond donors (Lipinski definition) is 3. The van der Waals surface area contributed by atoms with Crippen LogP contribution in [0.4, 0.5) is 10.2 Å². The second kappa shape index (κ2) is 7.50. The molecule has 1 aliphatic heterocycles. The standard InChI is InChI=1S/C19H25FN6O/c1-25-7-5-19(20,6-8-25)18(27)24-17-10-15-9-13(16(21)12-26(2)22)3-4-14(15)11-23-17/h3-4,9-12H,5-8,21-22H2,1-2H3,(H,23,24,27)/b16-12-. The zero-order chi connectivity index (χ0) is 19.6. The lowest BCUT2D eigenvalue weighted by molar-refractivity contribution is -0.130. The molecule has 1 aliphatic rings. The van der Waals surface area contributed by atoms with E-state index in [0.29, 0.717) is 24.6 Å². The summed E-state index contributed by atoms with van der Waals surface area (Å²) in [5, 5.41) is 5.72. The summed E-state index contributed by atoms with van der Waals surface area (Å²) >= 11 is 0. The summed E-state index contributed by atoms with van der Waals surface area (Å²) in [6, 6.07) is 7.35. The van der Waals surface area contributed by atoms with Crippen molar-refractivity contribution in [1.29, 1.82) is 0 Å². The number of carbonyl (C=O) groups is 1. The van der Waals surface area contributed by atoms with Crippen LogP contribution in [0.15, 0.2) is 36.7 Å². The van der Waals surface area contributed by atoms with Crippen molar-refractivity contribution in [2.75, 3.05) is 32.5 Å². The molecule has 0 saturated carbocycles. The zero-order valence-corrected chi connectivity index (χ0v) is 15.6. The number of rotatable bonds is 4. The van der Waals surface area contributed by atoms with E-state index in [1.54, 1.807) is 25.5 Å². The first-order valence-electron chi connectivity index (χ1n) is 8.81. The van der Waals surface area contributed by atoms with Crippen molar-refractivity contribution in [3.8, 4) is 0 Å². The Balaban J connectivity index is 1.82. The average Bonchev–Trinajstić information content (AvgIpc) is 2.63. The number of alkyl halides is 1. The van der Waals surface area contributed by atoms with E-state index < -0.39 is 11.6 Å². The van der Waals surface area contributed by atoms with Gasteiger partial charge in [0.2, 0.25) is 0 Å². The molecule has 2 heterocycles. The van der Waals surface area contributed by atoms with Crippen molar-refractivity contribution in [2.45, 2.75) is 18.5 Å². The van der Waals surface area contributed by atoms with Crippen molar-refractivity contribution < 1.29 is 9.18 Å². The predicted octanol–water partition coefficient (Wildman–Crippen LogP) is 1.67. The molecule has 1 saturated heterocycles. The van der Waals surface area contributed by atoms with Gasteiger partial charge in [0, 0.05) is 50.8 Å². The molecule has 144 valence electrons. The molecule has 3 rings (SSSR count). The topological polar surface area (TPSA) is 101 Å². The van der Waals surface area contributed by atoms with Crippen molar-refractivity contribution in [2.24, 2.45) is 11.6 Å². The number of hydrazine groups is 1. The minimum absolute atomic E-state index is 0.182. The number of likely N-dealkylation sites (tertiary alicyclic amines) is 1. The van der Waals surface area contributed by atoms with Gasteiger partial charge in [-0.25, -0.2) is 15.2 Å². The van der Waals surface area contributed by atoms with E-state index in [4.69, 9.17) is 11.6 Å². The number of aromatic nitrogens is 1. The fraction of sp³-hybridized carbons (Fsp3) is 0.368. The maximum atomic E-state index is 14.9. The van der Waals surface area contributed by atoms with E-state index in [9.17, 15) is 9.18 Å². The highest BCUT2D eigenvalue weighted by Crippen LogP contribution is 2.28. The van der Waals surface area contributed by atoms with E-state index in [1.165, 1.54) is 5.01 Å². The number of nitrogens with one attached hydrogen (secondary N) is 1. The van der Waals surface area contributed by atoms with E-state index in [-0.39, 0.29) is 12.8 Å². The Kier molecular flexibility index (Phi) is 5.29. The molecule has 0 atom stereocenters. The third-order valence-corrected chi connectivity index (χ3v) is 4.83. The van der Waals surface area contributed by atoms with Crippen LogP contribution in [0.5, 0.6) is 0 Å². The summed E-state index contributed by atoms with van der Waals surface area (Å²) < 4.78 is 14.9. The van der Waals surface area contributed by atoms with E-state index >= 15 is 0 Å². The number of fused-ring (bicyclic) bond motifs is 1. The van der Waals surface area contributed by atoms with Gasteiger partial charge in [-0.15, -0.1) is 0 Å². The van der Waals surface area contributed by atoms with Crippen LogP contribution < -0.4 is 16.9 Å². The number of carbonyl (C=O) groups excluding carboxylic acids is 1. The van der Waals surface area contributed by atoms with Gasteiger partial charge in [0.15, 0.2) is 5.67 Å². The van der Waals surface area contributed by atoms with Gasteiger partial charge in [0.05, 0.1) is 5.70 Å². The molecule has 1 amide bonds. The van der Waals surface area contributed by atoms with Crippen molar-refractivity contribution in [3.05, 3.63) is 42.2 Å². The van der Waals surface area contributed by atoms with Crippen molar-refractivity contribution in [1.82, 2.24) is 14.9 Å². The van der Waals surface area contributed by atoms with Gasteiger partial charge in [-0.1, -0.05) is 12.1 Å². The lowest BCUT2D eigenvalue weighted by atomic mass is 9.92. The Morgan fingerprint density at radius 2 is 2.04 bits per heavy atom. The lowest BCUT2D eigenvalue weighted by Crippen LogP contribution is -2.47. The number of nitrogens with two attached hydrogens (primary N) is 2. The van der Waals surface area contributed by atoms with Crippen LogP contribution in [0.25, 0.3) is 16.5 Å². The average molecular weight is 372 g/mol. The third kappa shape index (κ3) is 4.35. The summed E-state index contributed by atoms with van der Waals surface area (Å²) in [6.07, 6.45) is 3.61. The molecule has 0 unspecified atom stereocenters. The summed E-state index contributed by atoms with van der Waals surface area (Å²) in [6.45, 7) is 1.11. The maximum absolute atomic E-state index is 14.9. The molecular weight excluding hydrogens is 347 g/mol. The number of pyridine rings is 1. The second-order valence-electron chi connectivity index (χ2n) is 7.10. The molecule has 0 radical (unpaired) electrons. The molecular formula is C19H25FN6O. The fourth-order valence-electron chi connectivity index (χ4n) is 3.11. The van der Waals surface area contributed by atoms with Gasteiger partial charge < -0.3 is 21.0 Å². The summed E-state index contributed by atoms with van der Waals surface area (Å²) in [5.41, 5.74) is 5.48. The van der Waals surface area contributed by atoms with Crippen LogP contribution in [-0.4, -0.2) is 53.7 Å². The highest BCUT2D eigenvalue weighted by atomic mass is 19.1. The summed E-state index contributed by atoms with van der Waals surface area (Å²) in [7, 11) is 3.60. The number of anilines is 1. The highest BCUT2D eigenvalue weighted by molar-refractivity contribution is 5.98. The third-order valence-electron chi connectivity index (χ3n) is 4.83. The van der Waals surface area contributed by atoms with Crippen LogP contribution in [0.1, 0.15) is 18.4 Å². The first kappa shape index (κ1) is 19.1. The molecule has 1 aromatic heterocycles. The monoisotopic (exact) mass is 372 g/mol. The molecule has 7 nitrogen and oxygen atoms in total. The molecule has 0 aliphatic carbocycles. The molecule has 0 spiro atoms. The highest BCUT2D eigenvalue weighted by Gasteiger charge is 2.41. The number of piperidine rings is 1. The molecule has 27 heavy (non-hydrogen) atoms. The maximum Gasteiger partial charge on any atom is 0.263 e. The molecule has 1 fully saturated rings. The normalized spacial score (nSPS) is 17.7. The molecule has 1 aromatic carbocycles. The van der Waals surface area contributed by atoms with E-state index in [2.05, 4.69) is 10.3 Å². The van der Waals surface area contributed by atoms with Gasteiger partial charge in [-0.2, -0.15) is 0 Å². The molecule has 0 bridgehead atoms. The SMILES string of the molecule is CN(N)/C=C(\N)c1ccc2cnc(NC(=O)C3(F)CCN(C)CC3)cc2c1. The van der Waals surface area contributed by atoms with Crippen molar-refractivity contribution in [3.63, 3.8) is 0 Å². The quantitative estimate of drug-likeness (QED) is 0.558. The van der Waals surface area contributed by atoms with Crippen LogP contribution in [0.2, 0.25) is 0 Å². The Labute approximate surface area is 157 Å². The zero-order valence-electron chi connectivity index (χ0n) is 15.6. The predicted molar refractivity (Wildman–Crippen MR) is 105 cm³/mol. The van der Waals surface area contributed by atoms with Gasteiger partial charge in [-0.3, -0.25) is 4.79 Å². The smallest absolute Gasteiger partial charge is 0.263 e. The first-order chi connectivity index (χ1) is 12.8. The number of benzene rings is 1. The fourth-order valence-corrected chi connectivity index (χ4v) is 3.11. The Morgan fingerprint density at radius 1 is 1.33 bits per heavy atom. The van der Waals surface area contributed by atoms with E-state index in [1.807, 2.05) is 30.1 Å². The number of nitrogens with zero attached hydrogens (tertiary/aromatic N) is 3. The molecule has 5 N–H and O–H groups in total. The van der Waals surface area contributed by atoms with Crippen LogP contribution in [-0.2, 0) is 4.79 Å². The largest absolute Gasteiger partial charge is 0.397 e. The van der Waals surface area contributed by atoms with Crippen LogP contribution in [0, 0.1) is 0 Å². The number of halogens is 1. The van der Waals surface area contributed by atoms with Crippen LogP contribution in [0.3, 0.4) is 0 Å². The minimum atomic E-state index is -1.86. The molecule has 8 heteroatoms. The van der Waals surface area contributed by atoms with Crippen molar-refractivity contribution >= 4 is 28.2 Å². The minimum Gasteiger partial charge on any atom is -0.397 e. The first-order valence-corrected chi connectivity index (χ1v) is 8.81.